The van der Waals surface area contributed by atoms with Crippen molar-refractivity contribution < 1.29 is 9.63 Å². The maximum absolute atomic E-state index is 9.00. The van der Waals surface area contributed by atoms with Crippen LogP contribution in [0.15, 0.2) is 16.9 Å². The average molecular weight is 362 g/mol. The zero-order chi connectivity index (χ0) is 18.8. The van der Waals surface area contributed by atoms with Gasteiger partial charge in [-0.05, 0) is 109 Å². The molecule has 0 radical (unpaired) electrons. The topological polar surface area (TPSA) is 70.3 Å². The van der Waals surface area contributed by atoms with Gasteiger partial charge in [0.2, 0.25) is 0 Å². The number of aryl methyl sites for hydroxylation is 1. The molecule has 0 bridgehead atoms. The van der Waals surface area contributed by atoms with E-state index in [0.29, 0.717) is 0 Å². The molecule has 3 rings (SSSR count). The van der Waals surface area contributed by atoms with Crippen molar-refractivity contribution in [3.63, 3.8) is 0 Å². The van der Waals surface area contributed by atoms with Gasteiger partial charge in [-0.25, -0.2) is 0 Å². The van der Waals surface area contributed by atoms with Crippen LogP contribution in [0.2, 0.25) is 0 Å². The van der Waals surface area contributed by atoms with Crippen LogP contribution in [0.25, 0.3) is 11.6 Å². The maximum Gasteiger partial charge on any atom is 0.166 e. The van der Waals surface area contributed by atoms with E-state index in [2.05, 4.69) is 22.7 Å². The first-order chi connectivity index (χ1) is 12.7. The van der Waals surface area contributed by atoms with Crippen LogP contribution >= 0.6 is 0 Å². The zero-order valence-electron chi connectivity index (χ0n) is 16.6. The Labute approximate surface area is 157 Å². The second kappa shape index (κ2) is 11.2. The van der Waals surface area contributed by atoms with Crippen LogP contribution < -0.4 is 21.3 Å². The summed E-state index contributed by atoms with van der Waals surface area (Å²) in [5.41, 5.74) is 3.23. The summed E-state index contributed by atoms with van der Waals surface area (Å²) >= 11 is 0. The van der Waals surface area contributed by atoms with Gasteiger partial charge in [0.15, 0.2) is 5.42 Å². The van der Waals surface area contributed by atoms with E-state index < -0.39 is 0 Å². The van der Waals surface area contributed by atoms with Crippen molar-refractivity contribution in [1.82, 2.24) is 15.8 Å². The van der Waals surface area contributed by atoms with Gasteiger partial charge in [-0.15, -0.1) is 0 Å². The van der Waals surface area contributed by atoms with Crippen LogP contribution in [0.5, 0.6) is 0 Å². The number of aliphatic hydroxyl groups is 1. The highest BCUT2D eigenvalue weighted by Gasteiger charge is 2.22. The van der Waals surface area contributed by atoms with E-state index in [4.69, 9.17) is 9.63 Å². The van der Waals surface area contributed by atoms with Gasteiger partial charge in [-0.2, -0.15) is 0 Å². The van der Waals surface area contributed by atoms with E-state index in [9.17, 15) is 0 Å². The van der Waals surface area contributed by atoms with Gasteiger partial charge in [0.25, 0.3) is 0 Å². The molecular formula is C21H35N3O2. The van der Waals surface area contributed by atoms with Crippen LogP contribution in [-0.2, 0) is 6.42 Å². The summed E-state index contributed by atoms with van der Waals surface area (Å²) in [6.07, 6.45) is 13.1. The Hall–Kier alpha value is -1.59. The molecule has 146 valence electrons. The molecule has 2 aliphatic rings. The fourth-order valence-electron chi connectivity index (χ4n) is 3.49. The van der Waals surface area contributed by atoms with Crippen LogP contribution in [0.1, 0.15) is 51.1 Å². The van der Waals surface area contributed by atoms with Gasteiger partial charge < -0.3 is 20.3 Å². The number of aliphatic hydroxyl groups excluding tert-OH is 1. The minimum Gasteiger partial charge on any atom is -0.516 e. The first-order valence-corrected chi connectivity index (χ1v) is 9.94. The van der Waals surface area contributed by atoms with Gasteiger partial charge >= 0.3 is 0 Å². The Bertz CT molecular complexity index is 668. The highest BCUT2D eigenvalue weighted by atomic mass is 16.5. The number of rotatable bonds is 6. The van der Waals surface area contributed by atoms with E-state index in [-0.39, 0.29) is 0 Å². The van der Waals surface area contributed by atoms with Crippen LogP contribution in [0.4, 0.5) is 0 Å². The largest absolute Gasteiger partial charge is 0.516 e. The van der Waals surface area contributed by atoms with E-state index in [1.165, 1.54) is 37.7 Å². The fourth-order valence-corrected chi connectivity index (χ4v) is 3.49. The molecule has 1 aromatic rings. The molecule has 2 fully saturated rings. The van der Waals surface area contributed by atoms with Crippen LogP contribution in [-0.4, -0.2) is 37.4 Å². The van der Waals surface area contributed by atoms with Crippen molar-refractivity contribution in [2.45, 2.75) is 51.9 Å². The highest BCUT2D eigenvalue weighted by Crippen LogP contribution is 2.34. The molecule has 0 atom stereocenters. The van der Waals surface area contributed by atoms with Crippen molar-refractivity contribution in [1.29, 1.82) is 0 Å². The molecule has 1 saturated heterocycles. The molecule has 0 unspecified atom stereocenters. The summed E-state index contributed by atoms with van der Waals surface area (Å²) in [6.45, 7) is 4.42. The van der Waals surface area contributed by atoms with Crippen molar-refractivity contribution >= 4 is 11.6 Å². The van der Waals surface area contributed by atoms with Crippen molar-refractivity contribution in [2.75, 3.05) is 27.2 Å². The molecule has 1 aliphatic carbocycles. The number of aromatic nitrogens is 1. The SMILES string of the molecule is CNC.C\C(CC1CC1)=c1/onc(CCC2CCNCC2)/c1=C/C=C/O. The van der Waals surface area contributed by atoms with Gasteiger partial charge in [0.05, 0.1) is 12.0 Å². The second-order valence-corrected chi connectivity index (χ2v) is 7.54. The first kappa shape index (κ1) is 20.7. The fraction of sp³-hybridized carbons (Fsp3) is 0.667. The summed E-state index contributed by atoms with van der Waals surface area (Å²) in [5, 5.41) is 20.6. The molecule has 3 N–H and O–H groups in total. The van der Waals surface area contributed by atoms with Gasteiger partial charge in [-0.1, -0.05) is 5.16 Å². The monoisotopic (exact) mass is 361 g/mol. The predicted octanol–water partition coefficient (Wildman–Crippen LogP) is 2.27. The Kier molecular flexibility index (Phi) is 8.92. The molecule has 1 aliphatic heterocycles. The van der Waals surface area contributed by atoms with E-state index in [1.54, 1.807) is 6.08 Å². The summed E-state index contributed by atoms with van der Waals surface area (Å²) in [7, 11) is 3.75. The third kappa shape index (κ3) is 6.61. The Morgan fingerprint density at radius 2 is 1.92 bits per heavy atom. The van der Waals surface area contributed by atoms with Gasteiger partial charge in [0.1, 0.15) is 0 Å². The minimum absolute atomic E-state index is 0.786. The van der Waals surface area contributed by atoms with Crippen molar-refractivity contribution in [2.24, 2.45) is 11.8 Å². The summed E-state index contributed by atoms with van der Waals surface area (Å²) in [4.78, 5) is 0. The Morgan fingerprint density at radius 3 is 2.54 bits per heavy atom. The molecule has 2 heterocycles. The minimum atomic E-state index is 0.786. The van der Waals surface area contributed by atoms with E-state index in [1.807, 2.05) is 20.2 Å². The van der Waals surface area contributed by atoms with E-state index in [0.717, 1.165) is 60.4 Å². The molecule has 0 amide bonds. The smallest absolute Gasteiger partial charge is 0.166 e. The lowest BCUT2D eigenvalue weighted by molar-refractivity contribution is 0.346. The molecule has 0 aromatic carbocycles. The van der Waals surface area contributed by atoms with Crippen molar-refractivity contribution in [3.8, 4) is 0 Å². The highest BCUT2D eigenvalue weighted by molar-refractivity contribution is 5.45. The maximum atomic E-state index is 9.00. The Morgan fingerprint density at radius 1 is 1.23 bits per heavy atom. The average Bonchev–Trinajstić information content (AvgIpc) is 3.37. The zero-order valence-corrected chi connectivity index (χ0v) is 16.6. The normalized spacial score (nSPS) is 20.2. The lowest BCUT2D eigenvalue weighted by Gasteiger charge is -2.21. The Balaban J connectivity index is 0.000000758. The summed E-state index contributed by atoms with van der Waals surface area (Å²) < 4.78 is 5.68. The molecule has 1 aromatic heterocycles. The lowest BCUT2D eigenvalue weighted by atomic mass is 9.92. The third-order valence-corrected chi connectivity index (χ3v) is 5.08. The second-order valence-electron chi connectivity index (χ2n) is 7.54. The molecule has 26 heavy (non-hydrogen) atoms. The number of allylic oxidation sites excluding steroid dienone is 1. The van der Waals surface area contributed by atoms with Crippen LogP contribution in [0.3, 0.4) is 0 Å². The third-order valence-electron chi connectivity index (χ3n) is 5.08. The van der Waals surface area contributed by atoms with Crippen LogP contribution in [0, 0.1) is 11.8 Å². The molecule has 0 spiro atoms. The summed E-state index contributed by atoms with van der Waals surface area (Å²) in [6, 6.07) is 0. The lowest BCUT2D eigenvalue weighted by Crippen LogP contribution is -2.29. The quantitative estimate of drug-likeness (QED) is 0.678. The van der Waals surface area contributed by atoms with Gasteiger partial charge in [0, 0.05) is 5.22 Å². The number of piperidine rings is 1. The molecular weight excluding hydrogens is 326 g/mol. The first-order valence-electron chi connectivity index (χ1n) is 9.94. The van der Waals surface area contributed by atoms with Crippen molar-refractivity contribution in [3.05, 3.63) is 28.7 Å². The molecule has 5 nitrogen and oxygen atoms in total. The number of nitrogens with zero attached hydrogens (tertiary/aromatic N) is 1. The number of nitrogens with one attached hydrogen (secondary N) is 2. The number of hydrogen-bond acceptors (Lipinski definition) is 5. The van der Waals surface area contributed by atoms with Gasteiger partial charge in [-0.3, -0.25) is 0 Å². The standard InChI is InChI=1S/C19H28N2O2.C2H7N/c1-14(13-16-4-5-16)19-17(3-2-12-22)18(21-23-19)7-6-15-8-10-20-11-9-15;1-3-2/h2-3,12,15-16,20,22H,4-11,13H2,1H3;3H,1-2H3/b12-2+,17-3-,19-14+;. The van der Waals surface area contributed by atoms with E-state index >= 15 is 0 Å². The summed E-state index contributed by atoms with van der Waals surface area (Å²) in [5.74, 6) is 1.62. The number of hydrogen-bond donors (Lipinski definition) is 3. The molecule has 1 saturated carbocycles. The predicted molar refractivity (Wildman–Crippen MR) is 107 cm³/mol. The molecule has 5 heteroatoms.